The Hall–Kier alpha value is -0.790. The largest absolute Gasteiger partial charge is 0.324 e. The Morgan fingerprint density at radius 2 is 2.20 bits per heavy atom. The van der Waals surface area contributed by atoms with Gasteiger partial charge in [0.1, 0.15) is 0 Å². The second-order valence-corrected chi connectivity index (χ2v) is 4.54. The van der Waals surface area contributed by atoms with E-state index < -0.39 is 0 Å². The minimum absolute atomic E-state index is 0.0559. The van der Waals surface area contributed by atoms with Crippen LogP contribution in [-0.2, 0) is 0 Å². The quantitative estimate of drug-likeness (QED) is 0.768. The van der Waals surface area contributed by atoms with Gasteiger partial charge in [0.05, 0.1) is 0 Å². The van der Waals surface area contributed by atoms with Crippen molar-refractivity contribution in [3.63, 3.8) is 0 Å². The van der Waals surface area contributed by atoms with E-state index in [0.717, 1.165) is 23.4 Å². The lowest BCUT2D eigenvalue weighted by molar-refractivity contribution is 0.646. The lowest BCUT2D eigenvalue weighted by Crippen LogP contribution is -2.11. The third-order valence-corrected chi connectivity index (χ3v) is 2.76. The number of hydrogen-bond donors (Lipinski definition) is 1. The number of nitrogens with two attached hydrogens (primary N) is 1. The fourth-order valence-electron chi connectivity index (χ4n) is 1.57. The molecule has 1 atom stereocenters. The van der Waals surface area contributed by atoms with E-state index in [-0.39, 0.29) is 6.04 Å². The molecule has 2 N–H and O–H groups in total. The first-order chi connectivity index (χ1) is 7.00. The summed E-state index contributed by atoms with van der Waals surface area (Å²) in [5, 5.41) is 0.751. The van der Waals surface area contributed by atoms with Gasteiger partial charge in [-0.1, -0.05) is 23.2 Å². The van der Waals surface area contributed by atoms with E-state index in [2.05, 4.69) is 13.5 Å². The fraction of sp³-hybridized carbons (Fsp3) is 0.385. The van der Waals surface area contributed by atoms with E-state index in [1.54, 1.807) is 0 Å². The maximum atomic E-state index is 6.11. The molecule has 0 fully saturated rings. The molecule has 0 aliphatic heterocycles. The van der Waals surface area contributed by atoms with Gasteiger partial charge in [-0.3, -0.25) is 0 Å². The minimum atomic E-state index is 0.0559. The normalized spacial score (nSPS) is 12.5. The Bertz CT molecular complexity index is 358. The van der Waals surface area contributed by atoms with E-state index in [0.29, 0.717) is 0 Å². The molecule has 0 radical (unpaired) electrons. The van der Waals surface area contributed by atoms with Crippen molar-refractivity contribution in [2.45, 2.75) is 32.7 Å². The average molecular weight is 224 g/mol. The first-order valence-electron chi connectivity index (χ1n) is 5.16. The molecular weight excluding hydrogens is 206 g/mol. The number of rotatable bonds is 4. The van der Waals surface area contributed by atoms with E-state index in [4.69, 9.17) is 17.3 Å². The third kappa shape index (κ3) is 3.69. The molecule has 0 saturated carbocycles. The van der Waals surface area contributed by atoms with Crippen LogP contribution in [0, 0.1) is 6.92 Å². The van der Waals surface area contributed by atoms with Crippen LogP contribution in [0.25, 0.3) is 0 Å². The van der Waals surface area contributed by atoms with Crippen molar-refractivity contribution in [2.24, 2.45) is 5.73 Å². The van der Waals surface area contributed by atoms with Gasteiger partial charge in [-0.15, -0.1) is 6.58 Å². The highest BCUT2D eigenvalue weighted by atomic mass is 35.5. The van der Waals surface area contributed by atoms with Crippen LogP contribution in [0.2, 0.25) is 5.02 Å². The molecule has 0 heterocycles. The standard InChI is InChI=1S/C13H18ClN/c1-9(2)4-7-13(15)12-8-11(14)6-5-10(12)3/h5-6,8,13H,1,4,7,15H2,2-3H3. The highest BCUT2D eigenvalue weighted by Gasteiger charge is 2.09. The summed E-state index contributed by atoms with van der Waals surface area (Å²) in [5.74, 6) is 0. The number of allylic oxidation sites excluding steroid dienone is 1. The van der Waals surface area contributed by atoms with Crippen LogP contribution >= 0.6 is 11.6 Å². The Kier molecular flexibility index (Phi) is 4.37. The molecule has 0 aromatic heterocycles. The summed E-state index contributed by atoms with van der Waals surface area (Å²) in [4.78, 5) is 0. The van der Waals surface area contributed by atoms with Crippen molar-refractivity contribution in [3.05, 3.63) is 46.5 Å². The molecule has 1 unspecified atom stereocenters. The second-order valence-electron chi connectivity index (χ2n) is 4.10. The summed E-state index contributed by atoms with van der Waals surface area (Å²) in [6.45, 7) is 7.97. The van der Waals surface area contributed by atoms with Gasteiger partial charge in [-0.25, -0.2) is 0 Å². The Labute approximate surface area is 96.9 Å². The first-order valence-corrected chi connectivity index (χ1v) is 5.54. The average Bonchev–Trinajstić information content (AvgIpc) is 2.18. The topological polar surface area (TPSA) is 26.0 Å². The highest BCUT2D eigenvalue weighted by molar-refractivity contribution is 6.30. The molecule has 15 heavy (non-hydrogen) atoms. The van der Waals surface area contributed by atoms with Crippen molar-refractivity contribution >= 4 is 11.6 Å². The molecule has 1 aromatic rings. The van der Waals surface area contributed by atoms with Gasteiger partial charge >= 0.3 is 0 Å². The van der Waals surface area contributed by atoms with E-state index >= 15 is 0 Å². The van der Waals surface area contributed by atoms with Gasteiger partial charge in [0.25, 0.3) is 0 Å². The van der Waals surface area contributed by atoms with Gasteiger partial charge in [0, 0.05) is 11.1 Å². The smallest absolute Gasteiger partial charge is 0.0409 e. The van der Waals surface area contributed by atoms with Crippen molar-refractivity contribution in [3.8, 4) is 0 Å². The van der Waals surface area contributed by atoms with Crippen LogP contribution < -0.4 is 5.73 Å². The molecule has 1 rings (SSSR count). The molecule has 2 heteroatoms. The molecule has 0 amide bonds. The van der Waals surface area contributed by atoms with Crippen LogP contribution in [0.3, 0.4) is 0 Å². The van der Waals surface area contributed by atoms with Crippen molar-refractivity contribution in [1.29, 1.82) is 0 Å². The maximum absolute atomic E-state index is 6.11. The summed E-state index contributed by atoms with van der Waals surface area (Å²) >= 11 is 5.95. The molecule has 0 spiro atoms. The van der Waals surface area contributed by atoms with Gasteiger partial charge in [-0.05, 0) is 49.9 Å². The zero-order valence-electron chi connectivity index (χ0n) is 9.39. The van der Waals surface area contributed by atoms with Crippen LogP contribution in [0.4, 0.5) is 0 Å². The number of hydrogen-bond acceptors (Lipinski definition) is 1. The SMILES string of the molecule is C=C(C)CCC(N)c1cc(Cl)ccc1C. The Morgan fingerprint density at radius 1 is 1.53 bits per heavy atom. The fourth-order valence-corrected chi connectivity index (χ4v) is 1.75. The molecule has 0 bridgehead atoms. The predicted molar refractivity (Wildman–Crippen MR) is 67.2 cm³/mol. The molecule has 1 aromatic carbocycles. The molecular formula is C13H18ClN. The molecule has 0 aliphatic carbocycles. The van der Waals surface area contributed by atoms with E-state index in [9.17, 15) is 0 Å². The monoisotopic (exact) mass is 223 g/mol. The van der Waals surface area contributed by atoms with E-state index in [1.807, 2.05) is 25.1 Å². The predicted octanol–water partition coefficient (Wildman–Crippen LogP) is 4.00. The van der Waals surface area contributed by atoms with Gasteiger partial charge < -0.3 is 5.73 Å². The van der Waals surface area contributed by atoms with Gasteiger partial charge in [0.15, 0.2) is 0 Å². The molecule has 0 saturated heterocycles. The first kappa shape index (κ1) is 12.3. The van der Waals surface area contributed by atoms with Gasteiger partial charge in [0.2, 0.25) is 0 Å². The molecule has 1 nitrogen and oxygen atoms in total. The summed E-state index contributed by atoms with van der Waals surface area (Å²) in [5.41, 5.74) is 9.63. The third-order valence-electron chi connectivity index (χ3n) is 2.52. The van der Waals surface area contributed by atoms with Crippen LogP contribution in [0.15, 0.2) is 30.4 Å². The summed E-state index contributed by atoms with van der Waals surface area (Å²) < 4.78 is 0. The second kappa shape index (κ2) is 5.34. The van der Waals surface area contributed by atoms with Crippen molar-refractivity contribution in [2.75, 3.05) is 0 Å². The van der Waals surface area contributed by atoms with Gasteiger partial charge in [-0.2, -0.15) is 0 Å². The van der Waals surface area contributed by atoms with Crippen LogP contribution in [-0.4, -0.2) is 0 Å². The number of benzene rings is 1. The van der Waals surface area contributed by atoms with Crippen molar-refractivity contribution < 1.29 is 0 Å². The number of halogens is 1. The Morgan fingerprint density at radius 3 is 2.80 bits per heavy atom. The lowest BCUT2D eigenvalue weighted by atomic mass is 9.97. The van der Waals surface area contributed by atoms with Crippen molar-refractivity contribution in [1.82, 2.24) is 0 Å². The Balaban J connectivity index is 2.76. The lowest BCUT2D eigenvalue weighted by Gasteiger charge is -2.15. The van der Waals surface area contributed by atoms with Crippen LogP contribution in [0.5, 0.6) is 0 Å². The zero-order chi connectivity index (χ0) is 11.4. The summed E-state index contributed by atoms with van der Waals surface area (Å²) in [6.07, 6.45) is 1.89. The zero-order valence-corrected chi connectivity index (χ0v) is 10.1. The molecule has 0 aliphatic rings. The maximum Gasteiger partial charge on any atom is 0.0409 e. The summed E-state index contributed by atoms with van der Waals surface area (Å²) in [6, 6.07) is 5.92. The highest BCUT2D eigenvalue weighted by Crippen LogP contribution is 2.24. The minimum Gasteiger partial charge on any atom is -0.324 e. The molecule has 82 valence electrons. The number of aryl methyl sites for hydroxylation is 1. The van der Waals surface area contributed by atoms with Crippen LogP contribution in [0.1, 0.15) is 36.9 Å². The summed E-state index contributed by atoms with van der Waals surface area (Å²) in [7, 11) is 0. The van der Waals surface area contributed by atoms with E-state index in [1.165, 1.54) is 11.1 Å².